The zero-order valence-electron chi connectivity index (χ0n) is 3.78. The van der Waals surface area contributed by atoms with Gasteiger partial charge < -0.3 is 0 Å². The normalized spacial score (nSPS) is 11.0. The van der Waals surface area contributed by atoms with Gasteiger partial charge in [0.05, 0.1) is 0 Å². The van der Waals surface area contributed by atoms with Crippen LogP contribution in [-0.4, -0.2) is 9.49 Å². The van der Waals surface area contributed by atoms with E-state index >= 15 is 0 Å². The molecule has 0 aromatic rings. The molecule has 0 saturated carbocycles. The monoisotopic (exact) mass is 171 g/mol. The van der Waals surface area contributed by atoms with Crippen molar-refractivity contribution >= 4 is 27.9 Å². The van der Waals surface area contributed by atoms with Gasteiger partial charge in [-0.05, 0) is 25.6 Å². The van der Waals surface area contributed by atoms with Gasteiger partial charge >= 0.3 is 0 Å². The molecule has 3 heteroatoms. The molecule has 0 spiro atoms. The summed E-state index contributed by atoms with van der Waals surface area (Å²) >= 11 is 8.40. The fourth-order valence-electron chi connectivity index (χ4n) is 0. The van der Waals surface area contributed by atoms with E-state index in [1.807, 2.05) is 13.8 Å². The van der Waals surface area contributed by atoms with E-state index in [0.717, 1.165) is 0 Å². The third-order valence-corrected chi connectivity index (χ3v) is 1.60. The Hall–Kier alpha value is 0.730. The smallest absolute Gasteiger partial charge is 0.0312 e. The molecule has 6 heavy (non-hydrogen) atoms. The highest BCUT2D eigenvalue weighted by Crippen LogP contribution is 2.06. The Morgan fingerprint density at radius 3 is 1.83 bits per heavy atom. The topological polar surface area (TPSA) is 3.24 Å². The Kier molecular flexibility index (Phi) is 3.17. The molecule has 0 heterocycles. The van der Waals surface area contributed by atoms with Crippen LogP contribution in [0.2, 0.25) is 0 Å². The second-order valence-electron chi connectivity index (χ2n) is 1.35. The standard InChI is InChI=1S/C3H7BrClN/c1-3(2)6(4)5/h3H,1-2H3. The van der Waals surface area contributed by atoms with Crippen LogP contribution < -0.4 is 0 Å². The van der Waals surface area contributed by atoms with Crippen LogP contribution in [0, 0.1) is 0 Å². The lowest BCUT2D eigenvalue weighted by atomic mass is 10.4. The molecule has 0 aromatic heterocycles. The van der Waals surface area contributed by atoms with Crippen LogP contribution in [0.15, 0.2) is 0 Å². The predicted octanol–water partition coefficient (Wildman–Crippen LogP) is 2.16. The van der Waals surface area contributed by atoms with Crippen LogP contribution in [0.1, 0.15) is 13.8 Å². The fourth-order valence-corrected chi connectivity index (χ4v) is 0. The first-order valence-electron chi connectivity index (χ1n) is 1.75. The van der Waals surface area contributed by atoms with Crippen molar-refractivity contribution in [3.63, 3.8) is 0 Å². The Morgan fingerprint density at radius 2 is 1.83 bits per heavy atom. The van der Waals surface area contributed by atoms with E-state index in [0.29, 0.717) is 6.04 Å². The van der Waals surface area contributed by atoms with Crippen LogP contribution in [-0.2, 0) is 0 Å². The SMILES string of the molecule is CC(C)N(Cl)Br. The van der Waals surface area contributed by atoms with Gasteiger partial charge in [0, 0.05) is 22.2 Å². The molecule has 0 unspecified atom stereocenters. The molecular formula is C3H7BrClN. The summed E-state index contributed by atoms with van der Waals surface area (Å²) in [5, 5.41) is 0. The predicted molar refractivity (Wildman–Crippen MR) is 31.8 cm³/mol. The Bertz CT molecular complexity index is 31.8. The molecule has 0 rings (SSSR count). The fraction of sp³-hybridized carbons (Fsp3) is 1.00. The lowest BCUT2D eigenvalue weighted by Crippen LogP contribution is -2.07. The molecule has 38 valence electrons. The van der Waals surface area contributed by atoms with Gasteiger partial charge in [-0.15, -0.1) is 0 Å². The zero-order chi connectivity index (χ0) is 5.15. The first-order valence-corrected chi connectivity index (χ1v) is 2.80. The molecule has 1 nitrogen and oxygen atoms in total. The van der Waals surface area contributed by atoms with Gasteiger partial charge in [0.25, 0.3) is 0 Å². The highest BCUT2D eigenvalue weighted by atomic mass is 79.9. The number of nitrogens with zero attached hydrogens (tertiary/aromatic N) is 1. The minimum atomic E-state index is 0.367. The van der Waals surface area contributed by atoms with E-state index in [-0.39, 0.29) is 0 Å². The van der Waals surface area contributed by atoms with Gasteiger partial charge in [0.1, 0.15) is 0 Å². The Morgan fingerprint density at radius 1 is 1.67 bits per heavy atom. The molecule has 0 radical (unpaired) electrons. The van der Waals surface area contributed by atoms with Gasteiger partial charge in [-0.2, -0.15) is 3.45 Å². The summed E-state index contributed by atoms with van der Waals surface area (Å²) in [6, 6.07) is 0.367. The molecule has 0 aliphatic rings. The minimum Gasteiger partial charge on any atom is -0.152 e. The highest BCUT2D eigenvalue weighted by molar-refractivity contribution is 9.08. The van der Waals surface area contributed by atoms with Crippen molar-refractivity contribution in [3.05, 3.63) is 0 Å². The molecule has 0 saturated heterocycles. The molecule has 0 aliphatic carbocycles. The number of halogens is 2. The average Bonchev–Trinajstić information content (AvgIpc) is 1.36. The maximum Gasteiger partial charge on any atom is 0.0312 e. The van der Waals surface area contributed by atoms with Gasteiger partial charge in [-0.25, -0.2) is 0 Å². The summed E-state index contributed by atoms with van der Waals surface area (Å²) in [6.45, 7) is 3.98. The molecule has 0 N–H and O–H groups in total. The van der Waals surface area contributed by atoms with Gasteiger partial charge in [0.2, 0.25) is 0 Å². The number of hydrogen-bond donors (Lipinski definition) is 0. The summed E-state index contributed by atoms with van der Waals surface area (Å²) in [5.74, 6) is 0. The van der Waals surface area contributed by atoms with Gasteiger partial charge in [0.15, 0.2) is 0 Å². The summed E-state index contributed by atoms with van der Waals surface area (Å²) in [4.78, 5) is 0. The summed E-state index contributed by atoms with van der Waals surface area (Å²) < 4.78 is 1.45. The second kappa shape index (κ2) is 2.83. The first-order chi connectivity index (χ1) is 2.64. The lowest BCUT2D eigenvalue weighted by molar-refractivity contribution is 0.602. The van der Waals surface area contributed by atoms with Crippen LogP contribution in [0.5, 0.6) is 0 Å². The van der Waals surface area contributed by atoms with Crippen molar-refractivity contribution in [3.8, 4) is 0 Å². The zero-order valence-corrected chi connectivity index (χ0v) is 6.12. The second-order valence-corrected chi connectivity index (χ2v) is 2.89. The van der Waals surface area contributed by atoms with Gasteiger partial charge in [-0.3, -0.25) is 0 Å². The quantitative estimate of drug-likeness (QED) is 0.548. The lowest BCUT2D eigenvalue weighted by Gasteiger charge is -2.05. The van der Waals surface area contributed by atoms with Crippen molar-refractivity contribution < 1.29 is 0 Å². The van der Waals surface area contributed by atoms with Crippen LogP contribution in [0.3, 0.4) is 0 Å². The third-order valence-electron chi connectivity index (χ3n) is 0.390. The van der Waals surface area contributed by atoms with Crippen molar-refractivity contribution in [1.82, 2.24) is 3.45 Å². The van der Waals surface area contributed by atoms with E-state index in [2.05, 4.69) is 16.1 Å². The third kappa shape index (κ3) is 2.94. The number of hydrogen-bond acceptors (Lipinski definition) is 1. The van der Waals surface area contributed by atoms with E-state index in [1.54, 1.807) is 0 Å². The van der Waals surface area contributed by atoms with Crippen LogP contribution in [0.25, 0.3) is 0 Å². The maximum absolute atomic E-state index is 5.36. The van der Waals surface area contributed by atoms with Crippen LogP contribution in [0.4, 0.5) is 0 Å². The van der Waals surface area contributed by atoms with E-state index in [9.17, 15) is 0 Å². The van der Waals surface area contributed by atoms with E-state index < -0.39 is 0 Å². The summed E-state index contributed by atoms with van der Waals surface area (Å²) in [5.41, 5.74) is 0. The maximum atomic E-state index is 5.36. The molecule has 0 fully saturated rings. The highest BCUT2D eigenvalue weighted by Gasteiger charge is 1.96. The van der Waals surface area contributed by atoms with E-state index in [1.165, 1.54) is 3.45 Å². The summed E-state index contributed by atoms with van der Waals surface area (Å²) in [6.07, 6.45) is 0. The summed E-state index contributed by atoms with van der Waals surface area (Å²) in [7, 11) is 0. The largest absolute Gasteiger partial charge is 0.152 e. The average molecular weight is 172 g/mol. The molecule has 0 amide bonds. The minimum absolute atomic E-state index is 0.367. The molecule has 0 bridgehead atoms. The van der Waals surface area contributed by atoms with E-state index in [4.69, 9.17) is 11.8 Å². The molecule has 0 atom stereocenters. The Labute approximate surface area is 51.7 Å². The van der Waals surface area contributed by atoms with Crippen LogP contribution >= 0.6 is 27.9 Å². The van der Waals surface area contributed by atoms with Crippen molar-refractivity contribution in [2.24, 2.45) is 0 Å². The Balaban J connectivity index is 2.99. The van der Waals surface area contributed by atoms with Crippen molar-refractivity contribution in [2.75, 3.05) is 0 Å². The molecular weight excluding hydrogens is 165 g/mol. The number of rotatable bonds is 1. The van der Waals surface area contributed by atoms with Crippen molar-refractivity contribution in [2.45, 2.75) is 19.9 Å². The first kappa shape index (κ1) is 6.73. The molecule has 0 aromatic carbocycles. The van der Waals surface area contributed by atoms with Crippen molar-refractivity contribution in [1.29, 1.82) is 0 Å². The van der Waals surface area contributed by atoms with Gasteiger partial charge in [-0.1, -0.05) is 0 Å². The molecule has 0 aliphatic heterocycles.